The van der Waals surface area contributed by atoms with Crippen LogP contribution in [0.2, 0.25) is 0 Å². The fraction of sp³-hybridized carbons (Fsp3) is 0.400. The van der Waals surface area contributed by atoms with Crippen molar-refractivity contribution in [3.8, 4) is 0 Å². The summed E-state index contributed by atoms with van der Waals surface area (Å²) in [5.41, 5.74) is 2.86. The number of anilines is 1. The van der Waals surface area contributed by atoms with E-state index in [1.807, 2.05) is 54.0 Å². The molecule has 4 heteroatoms. The Hall–Kier alpha value is -1.81. The van der Waals surface area contributed by atoms with Gasteiger partial charge in [0.15, 0.2) is 0 Å². The van der Waals surface area contributed by atoms with Crippen LogP contribution >= 0.6 is 0 Å². The Labute approximate surface area is 114 Å². The van der Waals surface area contributed by atoms with E-state index in [4.69, 9.17) is 0 Å². The van der Waals surface area contributed by atoms with Crippen molar-refractivity contribution in [3.63, 3.8) is 0 Å². The molecule has 0 aliphatic heterocycles. The number of aryl methyl sites for hydroxylation is 1. The molecule has 0 radical (unpaired) electrons. The van der Waals surface area contributed by atoms with Gasteiger partial charge in [0, 0.05) is 32.5 Å². The summed E-state index contributed by atoms with van der Waals surface area (Å²) in [4.78, 5) is 2.04. The minimum absolute atomic E-state index is 0.620. The van der Waals surface area contributed by atoms with Gasteiger partial charge in [0.2, 0.25) is 0 Å². The Morgan fingerprint density at radius 1 is 1.21 bits per heavy atom. The van der Waals surface area contributed by atoms with Crippen molar-refractivity contribution in [2.45, 2.75) is 26.0 Å². The first-order valence-electron chi connectivity index (χ1n) is 6.60. The fourth-order valence-corrected chi connectivity index (χ4v) is 2.10. The van der Waals surface area contributed by atoms with Crippen molar-refractivity contribution in [3.05, 3.63) is 47.8 Å². The van der Waals surface area contributed by atoms with Gasteiger partial charge in [-0.1, -0.05) is 19.1 Å². The number of benzene rings is 1. The molecule has 102 valence electrons. The summed E-state index contributed by atoms with van der Waals surface area (Å²) < 4.78 is 1.87. The molecule has 2 rings (SSSR count). The number of aromatic nitrogens is 2. The largest absolute Gasteiger partial charge is 0.382 e. The van der Waals surface area contributed by atoms with Gasteiger partial charge in [-0.3, -0.25) is 4.68 Å². The van der Waals surface area contributed by atoms with Crippen LogP contribution < -0.4 is 4.90 Å². The van der Waals surface area contributed by atoms with Gasteiger partial charge in [0.1, 0.15) is 6.10 Å². The standard InChI is InChI=1S/C15H21N3O/c1-4-11-18-14(9-10-16-18)15(19)12-5-7-13(8-6-12)17(2)3/h5-10,15,19H,4,11H2,1-3H3. The molecule has 1 N–H and O–H groups in total. The Bertz CT molecular complexity index is 516. The van der Waals surface area contributed by atoms with Crippen molar-refractivity contribution < 1.29 is 5.11 Å². The first kappa shape index (κ1) is 13.6. The molecule has 1 aromatic carbocycles. The normalized spacial score (nSPS) is 12.4. The molecule has 0 spiro atoms. The SMILES string of the molecule is CCCn1nccc1C(O)c1ccc(N(C)C)cc1. The molecule has 0 amide bonds. The molecule has 1 aromatic heterocycles. The van der Waals surface area contributed by atoms with Crippen molar-refractivity contribution in [1.82, 2.24) is 9.78 Å². The fourth-order valence-electron chi connectivity index (χ4n) is 2.10. The molecule has 1 atom stereocenters. The second kappa shape index (κ2) is 5.89. The summed E-state index contributed by atoms with van der Waals surface area (Å²) in [7, 11) is 4.00. The number of aliphatic hydroxyl groups is 1. The summed E-state index contributed by atoms with van der Waals surface area (Å²) in [5, 5.41) is 14.7. The van der Waals surface area contributed by atoms with Crippen molar-refractivity contribution in [2.75, 3.05) is 19.0 Å². The third kappa shape index (κ3) is 2.96. The lowest BCUT2D eigenvalue weighted by molar-refractivity contribution is 0.207. The zero-order valence-corrected chi connectivity index (χ0v) is 11.7. The van der Waals surface area contributed by atoms with Crippen molar-refractivity contribution >= 4 is 5.69 Å². The smallest absolute Gasteiger partial charge is 0.121 e. The van der Waals surface area contributed by atoms with Gasteiger partial charge in [-0.2, -0.15) is 5.10 Å². The highest BCUT2D eigenvalue weighted by molar-refractivity contribution is 5.47. The van der Waals surface area contributed by atoms with Crippen LogP contribution in [0.4, 0.5) is 5.69 Å². The van der Waals surface area contributed by atoms with E-state index in [9.17, 15) is 5.11 Å². The number of aliphatic hydroxyl groups excluding tert-OH is 1. The first-order chi connectivity index (χ1) is 9.13. The average molecular weight is 259 g/mol. The molecule has 0 aliphatic carbocycles. The quantitative estimate of drug-likeness (QED) is 0.896. The molecule has 0 saturated heterocycles. The van der Waals surface area contributed by atoms with Crippen molar-refractivity contribution in [1.29, 1.82) is 0 Å². The molecule has 1 heterocycles. The van der Waals surface area contributed by atoms with Gasteiger partial charge in [0.25, 0.3) is 0 Å². The number of rotatable bonds is 5. The molecule has 0 fully saturated rings. The maximum absolute atomic E-state index is 10.4. The lowest BCUT2D eigenvalue weighted by atomic mass is 10.1. The maximum Gasteiger partial charge on any atom is 0.121 e. The highest BCUT2D eigenvalue weighted by atomic mass is 16.3. The molecule has 19 heavy (non-hydrogen) atoms. The molecule has 1 unspecified atom stereocenters. The lowest BCUT2D eigenvalue weighted by Gasteiger charge is -2.16. The minimum Gasteiger partial charge on any atom is -0.382 e. The monoisotopic (exact) mass is 259 g/mol. The third-order valence-electron chi connectivity index (χ3n) is 3.19. The van der Waals surface area contributed by atoms with Crippen LogP contribution in [-0.4, -0.2) is 29.0 Å². The highest BCUT2D eigenvalue weighted by Gasteiger charge is 2.15. The summed E-state index contributed by atoms with van der Waals surface area (Å²) in [6, 6.07) is 9.82. The van der Waals surface area contributed by atoms with Crippen molar-refractivity contribution in [2.24, 2.45) is 0 Å². The van der Waals surface area contributed by atoms with E-state index in [0.717, 1.165) is 29.9 Å². The van der Waals surface area contributed by atoms with Crippen LogP contribution in [0, 0.1) is 0 Å². The van der Waals surface area contributed by atoms with Crippen LogP contribution in [0.15, 0.2) is 36.5 Å². The second-order valence-electron chi connectivity index (χ2n) is 4.87. The minimum atomic E-state index is -0.620. The summed E-state index contributed by atoms with van der Waals surface area (Å²) >= 11 is 0. The molecule has 0 bridgehead atoms. The Kier molecular flexibility index (Phi) is 4.22. The zero-order chi connectivity index (χ0) is 13.8. The van der Waals surface area contributed by atoms with Gasteiger partial charge < -0.3 is 10.0 Å². The average Bonchev–Trinajstić information content (AvgIpc) is 2.87. The summed E-state index contributed by atoms with van der Waals surface area (Å²) in [6.45, 7) is 2.93. The van der Waals surface area contributed by atoms with Gasteiger partial charge in [-0.05, 0) is 30.2 Å². The van der Waals surface area contributed by atoms with E-state index in [1.54, 1.807) is 6.20 Å². The predicted octanol–water partition coefficient (Wildman–Crippen LogP) is 2.44. The molecule has 0 saturated carbocycles. The lowest BCUT2D eigenvalue weighted by Crippen LogP contribution is -2.11. The Morgan fingerprint density at radius 2 is 1.89 bits per heavy atom. The van der Waals surface area contributed by atoms with Gasteiger partial charge in [-0.25, -0.2) is 0 Å². The molecular weight excluding hydrogens is 238 g/mol. The third-order valence-corrected chi connectivity index (χ3v) is 3.19. The number of nitrogens with zero attached hydrogens (tertiary/aromatic N) is 3. The van der Waals surface area contributed by atoms with Crippen LogP contribution in [0.5, 0.6) is 0 Å². The Morgan fingerprint density at radius 3 is 2.47 bits per heavy atom. The van der Waals surface area contributed by atoms with Gasteiger partial charge in [-0.15, -0.1) is 0 Å². The van der Waals surface area contributed by atoms with E-state index in [0.29, 0.717) is 0 Å². The van der Waals surface area contributed by atoms with E-state index in [2.05, 4.69) is 12.0 Å². The first-order valence-corrected chi connectivity index (χ1v) is 6.60. The molecular formula is C15H21N3O. The highest BCUT2D eigenvalue weighted by Crippen LogP contribution is 2.23. The van der Waals surface area contributed by atoms with E-state index < -0.39 is 6.10 Å². The number of hydrogen-bond donors (Lipinski definition) is 1. The van der Waals surface area contributed by atoms with E-state index in [1.165, 1.54) is 0 Å². The van der Waals surface area contributed by atoms with Gasteiger partial charge in [0.05, 0.1) is 5.69 Å². The molecule has 4 nitrogen and oxygen atoms in total. The van der Waals surface area contributed by atoms with Crippen LogP contribution in [0.1, 0.15) is 30.7 Å². The van der Waals surface area contributed by atoms with Crippen LogP contribution in [0.25, 0.3) is 0 Å². The number of hydrogen-bond acceptors (Lipinski definition) is 3. The zero-order valence-electron chi connectivity index (χ0n) is 11.7. The van der Waals surface area contributed by atoms with Crippen LogP contribution in [-0.2, 0) is 6.54 Å². The predicted molar refractivity (Wildman–Crippen MR) is 77.3 cm³/mol. The maximum atomic E-state index is 10.4. The van der Waals surface area contributed by atoms with E-state index in [-0.39, 0.29) is 0 Å². The van der Waals surface area contributed by atoms with Crippen LogP contribution in [0.3, 0.4) is 0 Å². The summed E-state index contributed by atoms with van der Waals surface area (Å²) in [6.07, 6.45) is 2.12. The molecule has 2 aromatic rings. The summed E-state index contributed by atoms with van der Waals surface area (Å²) in [5.74, 6) is 0. The Balaban J connectivity index is 2.23. The van der Waals surface area contributed by atoms with Gasteiger partial charge >= 0.3 is 0 Å². The topological polar surface area (TPSA) is 41.3 Å². The second-order valence-corrected chi connectivity index (χ2v) is 4.87. The van der Waals surface area contributed by atoms with E-state index >= 15 is 0 Å². The molecule has 0 aliphatic rings.